The summed E-state index contributed by atoms with van der Waals surface area (Å²) in [5.74, 6) is 0. The summed E-state index contributed by atoms with van der Waals surface area (Å²) in [7, 11) is 0. The maximum Gasteiger partial charge on any atom is 0.139 e. The van der Waals surface area contributed by atoms with Gasteiger partial charge in [0.2, 0.25) is 0 Å². The van der Waals surface area contributed by atoms with Crippen LogP contribution in [0.15, 0.2) is 326 Å². The van der Waals surface area contributed by atoms with E-state index < -0.39 is 0 Å². The van der Waals surface area contributed by atoms with Crippen LogP contribution in [0.1, 0.15) is 0 Å². The van der Waals surface area contributed by atoms with Gasteiger partial charge in [-0.1, -0.05) is 170 Å². The number of furan rings is 1. The molecule has 12 aromatic carbocycles. The molecule has 1 heterocycles. The summed E-state index contributed by atoms with van der Waals surface area (Å²) < 4.78 is 6.87. The van der Waals surface area contributed by atoms with E-state index in [0.29, 0.717) is 0 Å². The number of hydrogen-bond acceptors (Lipinski definition) is 6. The maximum atomic E-state index is 6.87. The van der Waals surface area contributed by atoms with Crippen LogP contribution in [0, 0.1) is 0 Å². The van der Waals surface area contributed by atoms with Crippen molar-refractivity contribution in [2.45, 2.75) is 0 Å². The molecular formula is C72H53N5O. The van der Waals surface area contributed by atoms with Gasteiger partial charge in [0.1, 0.15) is 11.2 Å². The molecule has 0 unspecified atom stereocenters. The second kappa shape index (κ2) is 21.4. The molecule has 0 amide bonds. The van der Waals surface area contributed by atoms with Crippen LogP contribution < -0.4 is 24.5 Å². The van der Waals surface area contributed by atoms with Gasteiger partial charge in [-0.3, -0.25) is 0 Å². The monoisotopic (exact) mass is 1000 g/mol. The van der Waals surface area contributed by atoms with E-state index in [0.717, 1.165) is 107 Å². The van der Waals surface area contributed by atoms with Gasteiger partial charge in [-0.2, -0.15) is 0 Å². The molecule has 0 N–H and O–H groups in total. The highest BCUT2D eigenvalue weighted by Crippen LogP contribution is 2.50. The van der Waals surface area contributed by atoms with Gasteiger partial charge in [0.25, 0.3) is 0 Å². The fraction of sp³-hybridized carbons (Fsp3) is 0. The number of hydrogen-bond donors (Lipinski definition) is 0. The summed E-state index contributed by atoms with van der Waals surface area (Å²) in [6.07, 6.45) is 0. The minimum absolute atomic E-state index is 0.788. The minimum atomic E-state index is 0.788. The molecule has 0 atom stereocenters. The minimum Gasteiger partial charge on any atom is -0.456 e. The van der Waals surface area contributed by atoms with Crippen molar-refractivity contribution >= 4 is 107 Å². The number of anilines is 15. The first-order chi connectivity index (χ1) is 38.7. The molecule has 78 heavy (non-hydrogen) atoms. The quantitative estimate of drug-likeness (QED) is 0.102. The Morgan fingerprint density at radius 2 is 0.436 bits per heavy atom. The molecule has 13 rings (SSSR count). The van der Waals surface area contributed by atoms with Crippen LogP contribution >= 0.6 is 0 Å². The van der Waals surface area contributed by atoms with Gasteiger partial charge in [0, 0.05) is 68.3 Å². The third kappa shape index (κ3) is 9.35. The fourth-order valence-electron chi connectivity index (χ4n) is 10.7. The molecule has 0 saturated heterocycles. The van der Waals surface area contributed by atoms with Crippen LogP contribution in [0.25, 0.3) is 21.9 Å². The predicted octanol–water partition coefficient (Wildman–Crippen LogP) is 20.9. The van der Waals surface area contributed by atoms with E-state index in [2.05, 4.69) is 340 Å². The molecule has 0 bridgehead atoms. The third-order valence-electron chi connectivity index (χ3n) is 14.1. The lowest BCUT2D eigenvalue weighted by molar-refractivity contribution is 0.669. The molecule has 13 aromatic rings. The standard InChI is InChI=1S/C72H53N5O/c1-9-28-54(29-10-1)73(55-30-11-2-12-31-55)64-49-65(74(56-32-13-3-14-33-56)57-34-15-4-16-35-57)51-66(50-64)75(58-36-17-5-18-37-58)62-44-27-45-63(48-62)76(59-38-19-6-20-39-59)67-52-69(72-68-46-25-26-47-70(68)78-71(72)53-67)77(60-40-21-7-22-41-60)61-42-23-8-24-43-61/h1-53H. The van der Waals surface area contributed by atoms with E-state index in [-0.39, 0.29) is 0 Å². The average Bonchev–Trinajstić information content (AvgIpc) is 4.12. The SMILES string of the molecule is c1ccc(N(c2ccccc2)c2cc(N(c3ccccc3)c3ccccc3)cc(N(c3ccccc3)c3cccc(N(c4ccccc4)c4cc(N(c5ccccc5)c5ccccc5)c5c(c4)oc4ccccc45)c3)c2)cc1. The van der Waals surface area contributed by atoms with Crippen molar-refractivity contribution in [3.63, 3.8) is 0 Å². The van der Waals surface area contributed by atoms with Gasteiger partial charge < -0.3 is 28.9 Å². The van der Waals surface area contributed by atoms with E-state index in [4.69, 9.17) is 4.42 Å². The van der Waals surface area contributed by atoms with Gasteiger partial charge in [-0.15, -0.1) is 0 Å². The van der Waals surface area contributed by atoms with E-state index in [1.54, 1.807) is 0 Å². The van der Waals surface area contributed by atoms with Crippen molar-refractivity contribution in [2.75, 3.05) is 24.5 Å². The van der Waals surface area contributed by atoms with Crippen molar-refractivity contribution in [1.82, 2.24) is 0 Å². The normalized spacial score (nSPS) is 11.1. The van der Waals surface area contributed by atoms with Gasteiger partial charge in [0.15, 0.2) is 0 Å². The van der Waals surface area contributed by atoms with Crippen molar-refractivity contribution in [1.29, 1.82) is 0 Å². The zero-order valence-corrected chi connectivity index (χ0v) is 42.7. The molecule has 0 radical (unpaired) electrons. The number of para-hydroxylation sites is 9. The van der Waals surface area contributed by atoms with Gasteiger partial charge in [0.05, 0.1) is 33.8 Å². The van der Waals surface area contributed by atoms with E-state index >= 15 is 0 Å². The van der Waals surface area contributed by atoms with E-state index in [1.165, 1.54) is 0 Å². The molecule has 0 saturated carbocycles. The smallest absolute Gasteiger partial charge is 0.139 e. The van der Waals surface area contributed by atoms with E-state index in [9.17, 15) is 0 Å². The van der Waals surface area contributed by atoms with Crippen LogP contribution in [0.5, 0.6) is 0 Å². The molecule has 0 aliphatic carbocycles. The number of fused-ring (bicyclic) bond motifs is 3. The first kappa shape index (κ1) is 47.2. The van der Waals surface area contributed by atoms with Crippen LogP contribution in [-0.4, -0.2) is 0 Å². The number of nitrogens with zero attached hydrogens (tertiary/aromatic N) is 5. The van der Waals surface area contributed by atoms with Gasteiger partial charge in [-0.05, 0) is 146 Å². The molecule has 1 aromatic heterocycles. The van der Waals surface area contributed by atoms with Crippen molar-refractivity contribution in [3.05, 3.63) is 322 Å². The van der Waals surface area contributed by atoms with Crippen molar-refractivity contribution < 1.29 is 4.42 Å². The largest absolute Gasteiger partial charge is 0.456 e. The Bertz CT molecular complexity index is 3870. The van der Waals surface area contributed by atoms with Crippen molar-refractivity contribution in [2.24, 2.45) is 0 Å². The zero-order valence-electron chi connectivity index (χ0n) is 42.7. The first-order valence-corrected chi connectivity index (χ1v) is 26.3. The number of benzene rings is 12. The maximum absolute atomic E-state index is 6.87. The Balaban J connectivity index is 1.04. The molecule has 0 spiro atoms. The third-order valence-corrected chi connectivity index (χ3v) is 14.1. The molecular weight excluding hydrogens is 951 g/mol. The first-order valence-electron chi connectivity index (χ1n) is 26.3. The summed E-state index contributed by atoms with van der Waals surface area (Å²) in [6.45, 7) is 0. The predicted molar refractivity (Wildman–Crippen MR) is 327 cm³/mol. The molecule has 6 heteroatoms. The lowest BCUT2D eigenvalue weighted by atomic mass is 10.1. The average molecular weight is 1000 g/mol. The van der Waals surface area contributed by atoms with Crippen molar-refractivity contribution in [3.8, 4) is 0 Å². The lowest BCUT2D eigenvalue weighted by Crippen LogP contribution is -2.17. The second-order valence-electron chi connectivity index (χ2n) is 19.0. The summed E-state index contributed by atoms with van der Waals surface area (Å²) >= 11 is 0. The second-order valence-corrected chi connectivity index (χ2v) is 19.0. The molecule has 372 valence electrons. The van der Waals surface area contributed by atoms with Crippen LogP contribution in [0.4, 0.5) is 85.3 Å². The molecule has 6 nitrogen and oxygen atoms in total. The summed E-state index contributed by atoms with van der Waals surface area (Å²) in [5.41, 5.74) is 16.7. The Labute approximate surface area is 455 Å². The Morgan fingerprint density at radius 3 is 0.782 bits per heavy atom. The summed E-state index contributed by atoms with van der Waals surface area (Å²) in [5, 5.41) is 2.09. The lowest BCUT2D eigenvalue weighted by Gasteiger charge is -2.33. The highest BCUT2D eigenvalue weighted by atomic mass is 16.3. The molecule has 0 aliphatic heterocycles. The van der Waals surface area contributed by atoms with Crippen LogP contribution in [0.3, 0.4) is 0 Å². The van der Waals surface area contributed by atoms with E-state index in [1.807, 2.05) is 6.07 Å². The highest BCUT2D eigenvalue weighted by Gasteiger charge is 2.26. The fourth-order valence-corrected chi connectivity index (χ4v) is 10.7. The zero-order chi connectivity index (χ0) is 52.0. The summed E-state index contributed by atoms with van der Waals surface area (Å²) in [6, 6.07) is 114. The Hall–Kier alpha value is -10.6. The van der Waals surface area contributed by atoms with Gasteiger partial charge in [-0.25, -0.2) is 0 Å². The topological polar surface area (TPSA) is 29.3 Å². The summed E-state index contributed by atoms with van der Waals surface area (Å²) in [4.78, 5) is 11.8. The van der Waals surface area contributed by atoms with Gasteiger partial charge >= 0.3 is 0 Å². The highest BCUT2D eigenvalue weighted by molar-refractivity contribution is 6.15. The van der Waals surface area contributed by atoms with Crippen LogP contribution in [0.2, 0.25) is 0 Å². The van der Waals surface area contributed by atoms with Crippen LogP contribution in [-0.2, 0) is 0 Å². The molecule has 0 fully saturated rings. The molecule has 0 aliphatic rings. The Morgan fingerprint density at radius 1 is 0.179 bits per heavy atom. The number of rotatable bonds is 15. The Kier molecular flexibility index (Phi) is 12.9.